The molecular formula is C28H27ClFN7O4S. The van der Waals surface area contributed by atoms with Crippen molar-refractivity contribution in [3.63, 3.8) is 0 Å². The lowest BCUT2D eigenvalue weighted by Gasteiger charge is -2.37. The number of amides is 2. The molecule has 4 aromatic rings. The van der Waals surface area contributed by atoms with E-state index < -0.39 is 35.7 Å². The number of rotatable bonds is 7. The predicted octanol–water partition coefficient (Wildman–Crippen LogP) is 3.38. The first kappa shape index (κ1) is 28.2. The van der Waals surface area contributed by atoms with Crippen LogP contribution in [0.15, 0.2) is 42.5 Å². The molecule has 4 heterocycles. The lowest BCUT2D eigenvalue weighted by Crippen LogP contribution is -2.51. The third-order valence-corrected chi connectivity index (χ3v) is 8.49. The van der Waals surface area contributed by atoms with Crippen molar-refractivity contribution in [3.8, 4) is 0 Å². The van der Waals surface area contributed by atoms with Crippen molar-refractivity contribution in [2.75, 3.05) is 44.6 Å². The maximum absolute atomic E-state index is 14.5. The number of imidazole rings is 1. The number of benzene rings is 2. The molecule has 2 amide bonds. The fourth-order valence-corrected chi connectivity index (χ4v) is 6.37. The Bertz CT molecular complexity index is 1690. The van der Waals surface area contributed by atoms with Crippen molar-refractivity contribution >= 4 is 56.8 Å². The molecule has 218 valence electrons. The van der Waals surface area contributed by atoms with Crippen LogP contribution in [0, 0.1) is 5.82 Å². The van der Waals surface area contributed by atoms with Gasteiger partial charge < -0.3 is 25.3 Å². The van der Waals surface area contributed by atoms with Crippen LogP contribution in [-0.4, -0.2) is 75.9 Å². The first-order valence-corrected chi connectivity index (χ1v) is 14.6. The molecule has 2 aliphatic rings. The van der Waals surface area contributed by atoms with Crippen molar-refractivity contribution < 1.29 is 23.5 Å². The number of piperazine rings is 1. The lowest BCUT2D eigenvalue weighted by molar-refractivity contribution is -0.126. The van der Waals surface area contributed by atoms with Crippen molar-refractivity contribution in [1.29, 1.82) is 0 Å². The predicted molar refractivity (Wildman–Crippen MR) is 155 cm³/mol. The number of fused-ring (bicyclic) bond motifs is 2. The van der Waals surface area contributed by atoms with Gasteiger partial charge in [0.25, 0.3) is 5.91 Å². The Labute approximate surface area is 249 Å². The Morgan fingerprint density at radius 2 is 2.00 bits per heavy atom. The molecule has 0 spiro atoms. The number of hydrogen-bond acceptors (Lipinski definition) is 9. The van der Waals surface area contributed by atoms with Crippen LogP contribution in [0.4, 0.5) is 10.2 Å². The van der Waals surface area contributed by atoms with E-state index >= 15 is 0 Å². The first-order valence-electron chi connectivity index (χ1n) is 13.5. The summed E-state index contributed by atoms with van der Waals surface area (Å²) in [4.78, 5) is 47.2. The molecule has 42 heavy (non-hydrogen) atoms. The van der Waals surface area contributed by atoms with Gasteiger partial charge in [0.15, 0.2) is 5.82 Å². The minimum atomic E-state index is -1.03. The van der Waals surface area contributed by atoms with Gasteiger partial charge in [-0.1, -0.05) is 29.8 Å². The minimum Gasteiger partial charge on any atom is -0.460 e. The lowest BCUT2D eigenvalue weighted by atomic mass is 9.98. The van der Waals surface area contributed by atoms with Crippen LogP contribution < -0.4 is 16.0 Å². The minimum absolute atomic E-state index is 0.00997. The van der Waals surface area contributed by atoms with E-state index in [0.29, 0.717) is 18.5 Å². The van der Waals surface area contributed by atoms with Gasteiger partial charge >= 0.3 is 5.97 Å². The molecule has 0 bridgehead atoms. The van der Waals surface area contributed by atoms with Gasteiger partial charge in [-0.05, 0) is 42.7 Å². The summed E-state index contributed by atoms with van der Waals surface area (Å²) >= 11 is 7.69. The highest BCUT2D eigenvalue weighted by Crippen LogP contribution is 2.39. The third kappa shape index (κ3) is 5.24. The maximum atomic E-state index is 14.5. The average Bonchev–Trinajstić information content (AvgIpc) is 3.59. The second-order valence-electron chi connectivity index (χ2n) is 9.92. The molecule has 3 N–H and O–H groups in total. The van der Waals surface area contributed by atoms with Gasteiger partial charge in [0.05, 0.1) is 23.0 Å². The molecule has 2 aliphatic heterocycles. The van der Waals surface area contributed by atoms with Gasteiger partial charge in [-0.3, -0.25) is 14.5 Å². The van der Waals surface area contributed by atoms with Crippen LogP contribution >= 0.6 is 23.1 Å². The van der Waals surface area contributed by atoms with E-state index in [0.717, 1.165) is 17.8 Å². The van der Waals surface area contributed by atoms with Gasteiger partial charge in [0.1, 0.15) is 17.6 Å². The van der Waals surface area contributed by atoms with Crippen molar-refractivity contribution in [1.82, 2.24) is 29.5 Å². The van der Waals surface area contributed by atoms with Crippen molar-refractivity contribution in [2.24, 2.45) is 0 Å². The van der Waals surface area contributed by atoms with Crippen LogP contribution in [-0.2, 0) is 9.53 Å². The molecule has 2 atom stereocenters. The summed E-state index contributed by atoms with van der Waals surface area (Å²) in [7, 11) is 0. The van der Waals surface area contributed by atoms with E-state index in [2.05, 4.69) is 30.2 Å². The Morgan fingerprint density at radius 1 is 1.21 bits per heavy atom. The average molecular weight is 612 g/mol. The fourth-order valence-electron chi connectivity index (χ4n) is 5.37. The molecule has 1 unspecified atom stereocenters. The van der Waals surface area contributed by atoms with Gasteiger partial charge in [0.2, 0.25) is 11.7 Å². The molecule has 0 radical (unpaired) electrons. The van der Waals surface area contributed by atoms with Crippen LogP contribution in [0.2, 0.25) is 5.02 Å². The van der Waals surface area contributed by atoms with Gasteiger partial charge in [0, 0.05) is 48.7 Å². The summed E-state index contributed by atoms with van der Waals surface area (Å²) < 4.78 is 26.5. The summed E-state index contributed by atoms with van der Waals surface area (Å²) in [6, 6.07) is 9.21. The van der Waals surface area contributed by atoms with E-state index in [1.165, 1.54) is 34.3 Å². The molecule has 1 fully saturated rings. The zero-order chi connectivity index (χ0) is 29.4. The summed E-state index contributed by atoms with van der Waals surface area (Å²) in [5.41, 5.74) is 0.711. The van der Waals surface area contributed by atoms with Gasteiger partial charge in [-0.2, -0.15) is 4.37 Å². The quantitative estimate of drug-likeness (QED) is 0.271. The third-order valence-electron chi connectivity index (χ3n) is 7.31. The smallest absolute Gasteiger partial charge is 0.374 e. The number of hydrogen-bond donors (Lipinski definition) is 3. The fraction of sp³-hybridized carbons (Fsp3) is 0.321. The first-order chi connectivity index (χ1) is 20.4. The topological polar surface area (TPSA) is 130 Å². The van der Waals surface area contributed by atoms with E-state index in [-0.39, 0.29) is 46.8 Å². The van der Waals surface area contributed by atoms with Gasteiger partial charge in [-0.15, -0.1) is 0 Å². The van der Waals surface area contributed by atoms with Crippen LogP contribution in [0.3, 0.4) is 0 Å². The monoisotopic (exact) mass is 611 g/mol. The van der Waals surface area contributed by atoms with Crippen LogP contribution in [0.25, 0.3) is 10.1 Å². The highest BCUT2D eigenvalue weighted by Gasteiger charge is 2.42. The van der Waals surface area contributed by atoms with Gasteiger partial charge in [-0.25, -0.2) is 14.2 Å². The number of nitrogens with one attached hydrogen (secondary N) is 3. The Balaban J connectivity index is 1.51. The molecule has 1 saturated heterocycles. The number of anilines is 1. The SMILES string of the molecule is CCOC(=O)c1nc(NC(=O)c2nsc3ccccc23)c2n1C(CN1CCNCC1)C(=O)N[C@@H]2c1cc(F)ccc1Cl. The van der Waals surface area contributed by atoms with Crippen molar-refractivity contribution in [3.05, 3.63) is 76.1 Å². The largest absolute Gasteiger partial charge is 0.460 e. The molecule has 2 aromatic carbocycles. The zero-order valence-corrected chi connectivity index (χ0v) is 24.1. The molecular weight excluding hydrogens is 585 g/mol. The van der Waals surface area contributed by atoms with E-state index in [1.54, 1.807) is 13.0 Å². The number of halogens is 2. The Kier molecular flexibility index (Phi) is 7.90. The van der Waals surface area contributed by atoms with Crippen molar-refractivity contribution in [2.45, 2.75) is 19.0 Å². The van der Waals surface area contributed by atoms with Crippen LogP contribution in [0.5, 0.6) is 0 Å². The molecule has 0 saturated carbocycles. The number of carbonyl (C=O) groups is 3. The maximum Gasteiger partial charge on any atom is 0.374 e. The number of aromatic nitrogens is 3. The van der Waals surface area contributed by atoms with E-state index in [9.17, 15) is 18.8 Å². The normalized spacial score (nSPS) is 18.9. The molecule has 0 aliphatic carbocycles. The highest BCUT2D eigenvalue weighted by molar-refractivity contribution is 7.13. The molecule has 6 rings (SSSR count). The number of ether oxygens (including phenoxy) is 1. The Morgan fingerprint density at radius 3 is 2.79 bits per heavy atom. The Hall–Kier alpha value is -3.91. The summed E-state index contributed by atoms with van der Waals surface area (Å²) in [6.07, 6.45) is 0. The molecule has 11 nitrogen and oxygen atoms in total. The number of nitrogens with zero attached hydrogens (tertiary/aromatic N) is 4. The standard InChI is InChI=1S/C28H27ClFN7O4S/c1-2-41-28(40)25-33-24(34-27(39)22-16-5-3-4-6-20(16)42-35-22)23-21(17-13-15(30)7-8-18(17)29)32-26(38)19(37(23)25)14-36-11-9-31-10-12-36/h3-8,13,19,21,31H,2,9-12,14H2,1H3,(H,32,38)(H,34,39)/t19?,21-/m1/s1. The molecule has 2 aromatic heterocycles. The summed E-state index contributed by atoms with van der Waals surface area (Å²) in [6.45, 7) is 4.90. The summed E-state index contributed by atoms with van der Waals surface area (Å²) in [5.74, 6) is -2.43. The number of esters is 1. The highest BCUT2D eigenvalue weighted by atomic mass is 35.5. The second kappa shape index (κ2) is 11.8. The molecule has 14 heteroatoms. The zero-order valence-electron chi connectivity index (χ0n) is 22.5. The summed E-state index contributed by atoms with van der Waals surface area (Å²) in [5, 5.41) is 9.89. The van der Waals surface area contributed by atoms with E-state index in [1.807, 2.05) is 18.2 Å². The second-order valence-corrected chi connectivity index (χ2v) is 11.1. The number of carbonyl (C=O) groups excluding carboxylic acids is 3. The van der Waals surface area contributed by atoms with E-state index in [4.69, 9.17) is 16.3 Å². The van der Waals surface area contributed by atoms with Crippen LogP contribution in [0.1, 0.15) is 51.4 Å².